The van der Waals surface area contributed by atoms with E-state index >= 15 is 0 Å². The maximum absolute atomic E-state index is 12.7. The summed E-state index contributed by atoms with van der Waals surface area (Å²) >= 11 is 0. The molecule has 2 aliphatic rings. The summed E-state index contributed by atoms with van der Waals surface area (Å²) in [6.07, 6.45) is 0. The average Bonchev–Trinajstić information content (AvgIpc) is 2.93. The van der Waals surface area contributed by atoms with Crippen molar-refractivity contribution in [1.29, 1.82) is 0 Å². The quantitative estimate of drug-likeness (QED) is 0.852. The maximum atomic E-state index is 12.7. The van der Waals surface area contributed by atoms with Crippen LogP contribution in [0.4, 0.5) is 0 Å². The van der Waals surface area contributed by atoms with Gasteiger partial charge in [0.15, 0.2) is 0 Å². The van der Waals surface area contributed by atoms with E-state index in [1.54, 1.807) is 16.4 Å². The second-order valence-corrected chi connectivity index (χ2v) is 8.46. The fourth-order valence-electron chi connectivity index (χ4n) is 3.35. The molecular formula is C19H23N3O3S. The van der Waals surface area contributed by atoms with E-state index in [0.717, 1.165) is 35.5 Å². The summed E-state index contributed by atoms with van der Waals surface area (Å²) in [7, 11) is -3.42. The Bertz CT molecular complexity index is 875. The highest BCUT2D eigenvalue weighted by atomic mass is 32.2. The summed E-state index contributed by atoms with van der Waals surface area (Å²) in [5.74, 6) is 0.914. The summed E-state index contributed by atoms with van der Waals surface area (Å²) in [6.45, 7) is 4.71. The Morgan fingerprint density at radius 3 is 2.38 bits per heavy atom. The van der Waals surface area contributed by atoms with Gasteiger partial charge in [-0.05, 0) is 35.4 Å². The number of hydrogen-bond acceptors (Lipinski definition) is 5. The predicted octanol–water partition coefficient (Wildman–Crippen LogP) is 1.43. The molecule has 4 rings (SSSR count). The average molecular weight is 373 g/mol. The van der Waals surface area contributed by atoms with E-state index in [2.05, 4.69) is 16.7 Å². The molecule has 2 aromatic carbocycles. The number of fused-ring (bicyclic) bond motifs is 1. The maximum Gasteiger partial charge on any atom is 0.243 e. The van der Waals surface area contributed by atoms with Crippen LogP contribution in [0.25, 0.3) is 11.1 Å². The first-order valence-electron chi connectivity index (χ1n) is 8.92. The zero-order valence-corrected chi connectivity index (χ0v) is 15.4. The van der Waals surface area contributed by atoms with E-state index in [4.69, 9.17) is 4.74 Å². The first-order valence-corrected chi connectivity index (χ1v) is 10.4. The van der Waals surface area contributed by atoms with E-state index in [1.807, 2.05) is 24.3 Å². The Morgan fingerprint density at radius 2 is 1.62 bits per heavy atom. The highest BCUT2D eigenvalue weighted by Gasteiger charge is 2.25. The van der Waals surface area contributed by atoms with Crippen LogP contribution in [0.15, 0.2) is 47.4 Å². The Hall–Kier alpha value is -1.93. The smallest absolute Gasteiger partial charge is 0.243 e. The topological polar surface area (TPSA) is 70.7 Å². The first-order chi connectivity index (χ1) is 12.6. The number of sulfonamides is 1. The van der Waals surface area contributed by atoms with Gasteiger partial charge in [0.2, 0.25) is 10.0 Å². The Balaban J connectivity index is 1.59. The molecule has 7 heteroatoms. The van der Waals surface area contributed by atoms with Crippen LogP contribution in [-0.4, -0.2) is 52.1 Å². The van der Waals surface area contributed by atoms with Crippen molar-refractivity contribution in [2.75, 3.05) is 39.3 Å². The predicted molar refractivity (Wildman–Crippen MR) is 101 cm³/mol. The van der Waals surface area contributed by atoms with Crippen LogP contribution >= 0.6 is 0 Å². The molecule has 2 heterocycles. The number of benzene rings is 2. The van der Waals surface area contributed by atoms with Crippen molar-refractivity contribution in [2.24, 2.45) is 0 Å². The molecule has 2 N–H and O–H groups in total. The minimum absolute atomic E-state index is 0.350. The number of piperazine rings is 1. The van der Waals surface area contributed by atoms with E-state index in [1.165, 1.54) is 0 Å². The zero-order valence-electron chi connectivity index (χ0n) is 14.6. The molecule has 26 heavy (non-hydrogen) atoms. The molecule has 2 aromatic rings. The summed E-state index contributed by atoms with van der Waals surface area (Å²) in [4.78, 5) is 0.350. The molecule has 0 spiro atoms. The van der Waals surface area contributed by atoms with Gasteiger partial charge in [-0.1, -0.05) is 18.2 Å². The Labute approximate surface area is 154 Å². The fourth-order valence-corrected chi connectivity index (χ4v) is 4.79. The van der Waals surface area contributed by atoms with Crippen LogP contribution in [0, 0.1) is 0 Å². The van der Waals surface area contributed by atoms with Gasteiger partial charge in [0.05, 0.1) is 4.90 Å². The molecule has 1 fully saturated rings. The molecule has 0 atom stereocenters. The molecule has 0 amide bonds. The third-order valence-corrected chi connectivity index (χ3v) is 6.73. The molecule has 138 valence electrons. The zero-order chi connectivity index (χ0) is 18.0. The largest absolute Gasteiger partial charge is 0.492 e. The van der Waals surface area contributed by atoms with Crippen molar-refractivity contribution in [3.05, 3.63) is 48.0 Å². The van der Waals surface area contributed by atoms with E-state index in [9.17, 15) is 8.42 Å². The van der Waals surface area contributed by atoms with Crippen molar-refractivity contribution in [1.82, 2.24) is 14.9 Å². The summed E-state index contributed by atoms with van der Waals surface area (Å²) < 4.78 is 32.7. The second kappa shape index (κ2) is 7.36. The number of hydrogen-bond donors (Lipinski definition) is 2. The molecule has 0 radical (unpaired) electrons. The van der Waals surface area contributed by atoms with Crippen molar-refractivity contribution in [2.45, 2.75) is 11.4 Å². The lowest BCUT2D eigenvalue weighted by molar-refractivity contribution is 0.326. The standard InChI is InChI=1S/C19H23N3O3S/c23-26(24,22-10-7-20-8-11-22)18-4-1-15(2-5-18)16-3-6-19-17(13-16)14-21-9-12-25-19/h1-6,13,20-21H,7-12,14H2. The number of ether oxygens (including phenoxy) is 1. The normalized spacial score (nSPS) is 18.6. The lowest BCUT2D eigenvalue weighted by atomic mass is 10.0. The number of nitrogens with zero attached hydrogens (tertiary/aromatic N) is 1. The third kappa shape index (κ3) is 3.48. The van der Waals surface area contributed by atoms with Gasteiger partial charge < -0.3 is 15.4 Å². The molecule has 0 saturated carbocycles. The Morgan fingerprint density at radius 1 is 0.885 bits per heavy atom. The SMILES string of the molecule is O=S(=O)(c1ccc(-c2ccc3c(c2)CNCCO3)cc1)N1CCNCC1. The molecule has 1 saturated heterocycles. The van der Waals surface area contributed by atoms with Gasteiger partial charge in [-0.25, -0.2) is 8.42 Å². The van der Waals surface area contributed by atoms with E-state index < -0.39 is 10.0 Å². The van der Waals surface area contributed by atoms with Crippen molar-refractivity contribution in [3.63, 3.8) is 0 Å². The van der Waals surface area contributed by atoms with E-state index in [-0.39, 0.29) is 0 Å². The van der Waals surface area contributed by atoms with Crippen molar-refractivity contribution >= 4 is 10.0 Å². The van der Waals surface area contributed by atoms with Crippen LogP contribution < -0.4 is 15.4 Å². The molecule has 6 nitrogen and oxygen atoms in total. The molecule has 0 bridgehead atoms. The fraction of sp³-hybridized carbons (Fsp3) is 0.368. The van der Waals surface area contributed by atoms with Gasteiger partial charge in [0, 0.05) is 44.8 Å². The van der Waals surface area contributed by atoms with Crippen LogP contribution in [0.3, 0.4) is 0 Å². The number of nitrogens with one attached hydrogen (secondary N) is 2. The Kier molecular flexibility index (Phi) is 4.95. The van der Waals surface area contributed by atoms with Crippen LogP contribution in [0.1, 0.15) is 5.56 Å². The molecular weight excluding hydrogens is 350 g/mol. The molecule has 0 unspecified atom stereocenters. The minimum Gasteiger partial charge on any atom is -0.492 e. The van der Waals surface area contributed by atoms with Gasteiger partial charge in [0.1, 0.15) is 12.4 Å². The summed E-state index contributed by atoms with van der Waals surface area (Å²) in [5.41, 5.74) is 3.18. The highest BCUT2D eigenvalue weighted by Crippen LogP contribution is 2.29. The second-order valence-electron chi connectivity index (χ2n) is 6.53. The minimum atomic E-state index is -3.42. The van der Waals surface area contributed by atoms with Crippen LogP contribution in [0.2, 0.25) is 0 Å². The highest BCUT2D eigenvalue weighted by molar-refractivity contribution is 7.89. The van der Waals surface area contributed by atoms with Gasteiger partial charge >= 0.3 is 0 Å². The van der Waals surface area contributed by atoms with Crippen LogP contribution in [0.5, 0.6) is 5.75 Å². The molecule has 0 aromatic heterocycles. The van der Waals surface area contributed by atoms with Crippen molar-refractivity contribution in [3.8, 4) is 16.9 Å². The van der Waals surface area contributed by atoms with Gasteiger partial charge in [-0.15, -0.1) is 0 Å². The van der Waals surface area contributed by atoms with Gasteiger partial charge in [0.25, 0.3) is 0 Å². The summed E-state index contributed by atoms with van der Waals surface area (Å²) in [5, 5.41) is 6.51. The monoisotopic (exact) mass is 373 g/mol. The van der Waals surface area contributed by atoms with Gasteiger partial charge in [-0.3, -0.25) is 0 Å². The molecule has 0 aliphatic carbocycles. The van der Waals surface area contributed by atoms with Crippen LogP contribution in [-0.2, 0) is 16.6 Å². The lowest BCUT2D eigenvalue weighted by Crippen LogP contribution is -2.46. The third-order valence-electron chi connectivity index (χ3n) is 4.81. The molecule has 2 aliphatic heterocycles. The lowest BCUT2D eigenvalue weighted by Gasteiger charge is -2.26. The van der Waals surface area contributed by atoms with E-state index in [0.29, 0.717) is 37.7 Å². The van der Waals surface area contributed by atoms with Gasteiger partial charge in [-0.2, -0.15) is 4.31 Å². The number of rotatable bonds is 3. The van der Waals surface area contributed by atoms with Crippen molar-refractivity contribution < 1.29 is 13.2 Å². The summed E-state index contributed by atoms with van der Waals surface area (Å²) in [6, 6.07) is 13.3. The first kappa shape index (κ1) is 17.5.